The molecule has 0 spiro atoms. The van der Waals surface area contributed by atoms with E-state index in [0.717, 1.165) is 78.3 Å². The Labute approximate surface area is 854 Å². The second-order valence-electron chi connectivity index (χ2n) is 54.1. The van der Waals surface area contributed by atoms with Crippen LogP contribution in [0.15, 0.2) is 218 Å². The van der Waals surface area contributed by atoms with Gasteiger partial charge in [-0.15, -0.1) is 22.7 Å². The van der Waals surface area contributed by atoms with Crippen molar-refractivity contribution in [2.45, 2.75) is 363 Å². The van der Waals surface area contributed by atoms with Crippen LogP contribution in [-0.2, 0) is 75.8 Å². The average Bonchev–Trinajstić information content (AvgIpc) is 0.855. The quantitative estimate of drug-likeness (QED) is 0.127. The number of halogens is 1. The number of nitrogens with zero attached hydrogens (tertiary/aromatic N) is 6. The third-order valence-corrected chi connectivity index (χ3v) is 36.2. The highest BCUT2D eigenvalue weighted by Gasteiger charge is 2.50. The van der Waals surface area contributed by atoms with E-state index in [1.807, 2.05) is 11.3 Å². The van der Waals surface area contributed by atoms with Gasteiger partial charge in [-0.3, -0.25) is 0 Å². The van der Waals surface area contributed by atoms with Crippen LogP contribution in [0.1, 0.15) is 365 Å². The van der Waals surface area contributed by atoms with E-state index in [4.69, 9.17) is 21.6 Å². The topological polar surface area (TPSA) is 38.7 Å². The molecule has 0 N–H and O–H groups in total. The third-order valence-electron chi connectivity index (χ3n) is 33.7. The summed E-state index contributed by atoms with van der Waals surface area (Å²) >= 11 is 11.8. The summed E-state index contributed by atoms with van der Waals surface area (Å²) in [4.78, 5) is 21.0. The fourth-order valence-corrected chi connectivity index (χ4v) is 25.8. The van der Waals surface area contributed by atoms with Crippen molar-refractivity contribution in [3.8, 4) is 21.1 Å². The Bertz CT molecular complexity index is 7150. The Balaban J connectivity index is 0.000000178. The zero-order valence-electron chi connectivity index (χ0n) is 90.9. The maximum atomic E-state index is 8.26. The number of thiazole rings is 2. The van der Waals surface area contributed by atoms with Gasteiger partial charge >= 0.3 is 0 Å². The first-order chi connectivity index (χ1) is 65.0. The molecule has 4 aliphatic carbocycles. The zero-order chi connectivity index (χ0) is 101. The molecule has 12 aromatic carbocycles. The van der Waals surface area contributed by atoms with Crippen LogP contribution >= 0.6 is 34.3 Å². The van der Waals surface area contributed by atoms with Gasteiger partial charge in [0, 0.05) is 68.0 Å². The number of fused-ring (bicyclic) bond motifs is 10. The molecule has 0 unspecified atom stereocenters. The minimum atomic E-state index is -0.207. The normalized spacial score (nSPS) is 17.9. The van der Waals surface area contributed by atoms with Gasteiger partial charge in [-0.25, -0.2) is 9.97 Å². The molecule has 0 amide bonds. The van der Waals surface area contributed by atoms with Crippen molar-refractivity contribution in [3.05, 3.63) is 301 Å². The molecular formula is C130H154BClN6S2. The van der Waals surface area contributed by atoms with E-state index in [1.165, 1.54) is 177 Å². The second kappa shape index (κ2) is 33.5. The molecule has 4 heterocycles. The molecule has 0 saturated carbocycles. The Morgan fingerprint density at radius 1 is 0.271 bits per heavy atom. The average molecular weight is 1910 g/mol. The Morgan fingerprint density at radius 2 is 0.571 bits per heavy atom. The van der Waals surface area contributed by atoms with Crippen LogP contribution in [-0.4, -0.2) is 16.7 Å². The van der Waals surface area contributed by atoms with Crippen molar-refractivity contribution >= 4 is 146 Å². The summed E-state index contributed by atoms with van der Waals surface area (Å²) < 4.78 is 2.39. The van der Waals surface area contributed by atoms with Crippen molar-refractivity contribution < 1.29 is 0 Å². The molecule has 0 radical (unpaired) electrons. The molecule has 2 aromatic heterocycles. The van der Waals surface area contributed by atoms with Crippen LogP contribution in [0.3, 0.4) is 0 Å². The third kappa shape index (κ3) is 17.6. The van der Waals surface area contributed by atoms with E-state index in [0.29, 0.717) is 5.02 Å². The summed E-state index contributed by atoms with van der Waals surface area (Å²) in [6, 6.07) is 85.7. The van der Waals surface area contributed by atoms with E-state index in [1.54, 1.807) is 11.3 Å². The van der Waals surface area contributed by atoms with Crippen LogP contribution in [0.2, 0.25) is 5.02 Å². The van der Waals surface area contributed by atoms with Crippen molar-refractivity contribution in [2.75, 3.05) is 19.6 Å². The van der Waals surface area contributed by atoms with Crippen molar-refractivity contribution in [1.29, 1.82) is 0 Å². The first-order valence-electron chi connectivity index (χ1n) is 52.1. The fourth-order valence-electron chi connectivity index (χ4n) is 23.6. The van der Waals surface area contributed by atoms with Gasteiger partial charge in [0.25, 0.3) is 6.71 Å². The molecule has 6 aliphatic rings. The summed E-state index contributed by atoms with van der Waals surface area (Å²) in [7, 11) is 0. The molecule has 0 bridgehead atoms. The highest BCUT2D eigenvalue weighted by molar-refractivity contribution is 7.22. The summed E-state index contributed by atoms with van der Waals surface area (Å²) in [5.41, 5.74) is 42.2. The number of anilines is 12. The molecule has 14 aromatic rings. The van der Waals surface area contributed by atoms with Crippen LogP contribution in [0.25, 0.3) is 41.6 Å². The SMILES string of the molecule is CC(C)(C)c1ccc(-c2nc3cc(N(c4ccc(C(C)(C)C)cc4)c4cc(C(C)(C)C)cc(N(c5ccc6c(c5)C(C)(C)CCC6(C)C)c5ccc6c(c5)C(C)(C)CCC6(C)C)c4Cl)ccc3s2)cc1.CC(C)(C)c1ccc(-c2nc3cc4c(cc3s2)B2c3cc5c(cc3N(c3ccc6c(c3)C(C)(C)CCC6(C)C)c3cc(C(C)(C)C)cc(c32)N4c2ccc(C(C)(C)C)cc2)C(C)(C)CCC5(C)C)cc1. The van der Waals surface area contributed by atoms with E-state index in [2.05, 4.69) is 473 Å². The molecule has 0 saturated heterocycles. The molecular weight excluding hydrogens is 1760 g/mol. The molecule has 2 aliphatic heterocycles. The van der Waals surface area contributed by atoms with Gasteiger partial charge in [-0.1, -0.05) is 344 Å². The number of hydrogen-bond acceptors (Lipinski definition) is 8. The van der Waals surface area contributed by atoms with E-state index in [9.17, 15) is 0 Å². The highest BCUT2D eigenvalue weighted by atomic mass is 35.5. The molecule has 0 fully saturated rings. The lowest BCUT2D eigenvalue weighted by Gasteiger charge is -2.48. The molecule has 140 heavy (non-hydrogen) atoms. The van der Waals surface area contributed by atoms with Gasteiger partial charge in [-0.2, -0.15) is 0 Å². The summed E-state index contributed by atoms with van der Waals surface area (Å²) in [6.07, 6.45) is 9.32. The number of rotatable bonds is 10. The van der Waals surface area contributed by atoms with E-state index < -0.39 is 0 Å². The van der Waals surface area contributed by atoms with E-state index in [-0.39, 0.29) is 82.5 Å². The first-order valence-corrected chi connectivity index (χ1v) is 54.1. The molecule has 6 nitrogen and oxygen atoms in total. The van der Waals surface area contributed by atoms with Crippen LogP contribution in [0, 0.1) is 0 Å². The monoisotopic (exact) mass is 1910 g/mol. The minimum Gasteiger partial charge on any atom is -0.311 e. The summed E-state index contributed by atoms with van der Waals surface area (Å²) in [5, 5.41) is 2.78. The molecule has 10 heteroatoms. The van der Waals surface area contributed by atoms with Gasteiger partial charge < -0.3 is 19.6 Å². The van der Waals surface area contributed by atoms with Crippen molar-refractivity contribution in [2.24, 2.45) is 0 Å². The smallest absolute Gasteiger partial charge is 0.252 e. The zero-order valence-corrected chi connectivity index (χ0v) is 93.3. The maximum absolute atomic E-state index is 8.26. The van der Waals surface area contributed by atoms with Gasteiger partial charge in [0.05, 0.1) is 36.8 Å². The van der Waals surface area contributed by atoms with E-state index >= 15 is 0 Å². The van der Waals surface area contributed by atoms with Crippen molar-refractivity contribution in [3.63, 3.8) is 0 Å². The highest BCUT2D eigenvalue weighted by Crippen LogP contribution is 2.59. The standard InChI is InChI=1S/C65H76BN3S.C65H78ClN3S/c1-59(2,3)40-20-18-39(19-21-40)58-67-51-38-53-50(37-56(51)70-58)66-49-35-47-48(65(16,17)31-30-64(47,14)15)36-52(49)69(44-26-27-45-46(34-44)63(12,13)29-28-62(45,10)11)55-33-42(61(7,8)9)32-54(57(55)66)68(53)43-24-22-41(23-25-43)60(4,5)6;1-59(2,3)42-20-18-41(19-21-42)58-67-53-40-48(28-31-56(53)70-58)68(45-24-22-43(23-25-45)60(4,5)6)54-36-44(61(7,8)9)37-55(57(54)66)69(46-26-29-49-51(38-46)64(14,15)34-32-62(49,10)11)47-27-30-50-52(39-47)65(16,17)35-33-63(50,12)13/h18-27,32-38H,28-31H2,1-17H3;18-31,36-40H,32-35H2,1-17H3. The molecule has 726 valence electrons. The maximum Gasteiger partial charge on any atom is 0.252 e. The number of aromatic nitrogens is 2. The Hall–Kier alpha value is -10.0. The van der Waals surface area contributed by atoms with Gasteiger partial charge in [-0.05, 0) is 343 Å². The number of hydrogen-bond donors (Lipinski definition) is 0. The fraction of sp³-hybridized carbons (Fsp3) is 0.431. The minimum absolute atomic E-state index is 0.000863. The molecule has 0 atom stereocenters. The van der Waals surface area contributed by atoms with Crippen LogP contribution in [0.4, 0.5) is 68.2 Å². The lowest BCUT2D eigenvalue weighted by molar-refractivity contribution is 0.332. The lowest BCUT2D eigenvalue weighted by atomic mass is 9.33. The summed E-state index contributed by atoms with van der Waals surface area (Å²) in [5.74, 6) is 0. The van der Waals surface area contributed by atoms with Gasteiger partial charge in [0.15, 0.2) is 0 Å². The predicted molar refractivity (Wildman–Crippen MR) is 612 cm³/mol. The van der Waals surface area contributed by atoms with Gasteiger partial charge in [0.2, 0.25) is 0 Å². The van der Waals surface area contributed by atoms with Crippen molar-refractivity contribution in [1.82, 2.24) is 9.97 Å². The summed E-state index contributed by atoms with van der Waals surface area (Å²) in [6.45, 7) is 80.7. The Kier molecular flexibility index (Phi) is 23.7. The second-order valence-corrected chi connectivity index (χ2v) is 56.5. The van der Waals surface area contributed by atoms with Crippen LogP contribution < -0.4 is 36.0 Å². The van der Waals surface area contributed by atoms with Gasteiger partial charge in [0.1, 0.15) is 10.0 Å². The lowest BCUT2D eigenvalue weighted by Crippen LogP contribution is -2.62. The number of benzene rings is 12. The first kappa shape index (κ1) is 98.7. The van der Waals surface area contributed by atoms with Crippen LogP contribution in [0.5, 0.6) is 0 Å². The molecule has 20 rings (SSSR count). The Morgan fingerprint density at radius 3 is 0.993 bits per heavy atom. The largest absolute Gasteiger partial charge is 0.311 e. The predicted octanol–water partition coefficient (Wildman–Crippen LogP) is 36.8.